The lowest BCUT2D eigenvalue weighted by molar-refractivity contribution is 0.101. The van der Waals surface area contributed by atoms with Gasteiger partial charge in [0.25, 0.3) is 0 Å². The summed E-state index contributed by atoms with van der Waals surface area (Å²) in [5.74, 6) is 1.30. The van der Waals surface area contributed by atoms with E-state index in [4.69, 9.17) is 4.74 Å². The summed E-state index contributed by atoms with van der Waals surface area (Å²) >= 11 is 0. The minimum Gasteiger partial charge on any atom is -0.489 e. The van der Waals surface area contributed by atoms with Crippen molar-refractivity contribution in [1.29, 1.82) is 0 Å². The number of benzene rings is 1. The minimum absolute atomic E-state index is 0.0209. The monoisotopic (exact) mass is 333 g/mol. The summed E-state index contributed by atoms with van der Waals surface area (Å²) in [6.45, 7) is 8.25. The fourth-order valence-electron chi connectivity index (χ4n) is 3.30. The van der Waals surface area contributed by atoms with Crippen LogP contribution in [0.3, 0.4) is 0 Å². The van der Waals surface area contributed by atoms with Gasteiger partial charge in [0.15, 0.2) is 0 Å². The molecule has 5 nitrogen and oxygen atoms in total. The third-order valence-corrected chi connectivity index (χ3v) is 5.00. The van der Waals surface area contributed by atoms with E-state index in [-0.39, 0.29) is 18.2 Å². The second kappa shape index (κ2) is 8.38. The zero-order valence-electron chi connectivity index (χ0n) is 15.5. The number of hydrogen-bond acceptors (Lipinski definition) is 3. The van der Waals surface area contributed by atoms with Crippen molar-refractivity contribution >= 4 is 6.03 Å². The van der Waals surface area contributed by atoms with Crippen molar-refractivity contribution in [1.82, 2.24) is 15.1 Å². The SMILES string of the molecule is C[C@@H]1CN(C)CC[C@@H]1N(C)C(=O)N[C@H](C)[C@@H](C)Oc1ccccc1. The quantitative estimate of drug-likeness (QED) is 0.901. The number of hydrogen-bond donors (Lipinski definition) is 1. The first-order valence-corrected chi connectivity index (χ1v) is 8.82. The van der Waals surface area contributed by atoms with Crippen molar-refractivity contribution in [3.8, 4) is 5.75 Å². The molecule has 1 aromatic rings. The predicted molar refractivity (Wildman–Crippen MR) is 97.4 cm³/mol. The number of carbonyl (C=O) groups is 1. The molecule has 134 valence electrons. The third-order valence-electron chi connectivity index (χ3n) is 5.00. The zero-order valence-corrected chi connectivity index (χ0v) is 15.5. The van der Waals surface area contributed by atoms with Gasteiger partial charge in [-0.2, -0.15) is 0 Å². The highest BCUT2D eigenvalue weighted by molar-refractivity contribution is 5.74. The second-order valence-electron chi connectivity index (χ2n) is 7.08. The van der Waals surface area contributed by atoms with Crippen molar-refractivity contribution in [2.24, 2.45) is 5.92 Å². The summed E-state index contributed by atoms with van der Waals surface area (Å²) in [6.07, 6.45) is 0.922. The van der Waals surface area contributed by atoms with E-state index in [9.17, 15) is 4.79 Å². The summed E-state index contributed by atoms with van der Waals surface area (Å²) in [4.78, 5) is 16.8. The lowest BCUT2D eigenvalue weighted by Crippen LogP contribution is -2.55. The van der Waals surface area contributed by atoms with E-state index in [0.717, 1.165) is 25.3 Å². The van der Waals surface area contributed by atoms with Crippen LogP contribution in [0.1, 0.15) is 27.2 Å². The molecule has 0 aromatic heterocycles. The number of rotatable bonds is 5. The summed E-state index contributed by atoms with van der Waals surface area (Å²) in [7, 11) is 4.04. The normalized spacial score (nSPS) is 24.0. The highest BCUT2D eigenvalue weighted by Crippen LogP contribution is 2.20. The molecular weight excluding hydrogens is 302 g/mol. The fraction of sp³-hybridized carbons (Fsp3) is 0.632. The van der Waals surface area contributed by atoms with Gasteiger partial charge in [-0.3, -0.25) is 0 Å². The summed E-state index contributed by atoms with van der Waals surface area (Å²) in [5.41, 5.74) is 0. The number of likely N-dealkylation sites (tertiary alicyclic amines) is 1. The Morgan fingerprint density at radius 1 is 1.33 bits per heavy atom. The van der Waals surface area contributed by atoms with Crippen LogP contribution in [0.15, 0.2) is 30.3 Å². The van der Waals surface area contributed by atoms with Crippen molar-refractivity contribution in [3.05, 3.63) is 30.3 Å². The summed E-state index contributed by atoms with van der Waals surface area (Å²) in [6, 6.07) is 9.91. The molecule has 2 rings (SSSR count). The lowest BCUT2D eigenvalue weighted by atomic mass is 9.93. The molecule has 4 atom stereocenters. The van der Waals surface area contributed by atoms with Gasteiger partial charge in [-0.05, 0) is 51.9 Å². The van der Waals surface area contributed by atoms with Crippen LogP contribution in [0.4, 0.5) is 4.79 Å². The maximum atomic E-state index is 12.6. The molecule has 0 bridgehead atoms. The molecule has 1 saturated heterocycles. The number of nitrogens with zero attached hydrogens (tertiary/aromatic N) is 2. The van der Waals surface area contributed by atoms with Crippen LogP contribution in [0.25, 0.3) is 0 Å². The second-order valence-corrected chi connectivity index (χ2v) is 7.08. The number of amides is 2. The van der Waals surface area contributed by atoms with Gasteiger partial charge >= 0.3 is 6.03 Å². The molecule has 0 radical (unpaired) electrons. The molecule has 0 saturated carbocycles. The maximum absolute atomic E-state index is 12.6. The van der Waals surface area contributed by atoms with E-state index in [1.807, 2.05) is 56.1 Å². The van der Waals surface area contributed by atoms with Crippen molar-refractivity contribution < 1.29 is 9.53 Å². The van der Waals surface area contributed by atoms with Crippen LogP contribution in [0, 0.1) is 5.92 Å². The Morgan fingerprint density at radius 3 is 2.62 bits per heavy atom. The highest BCUT2D eigenvalue weighted by Gasteiger charge is 2.30. The smallest absolute Gasteiger partial charge is 0.317 e. The third kappa shape index (κ3) is 4.87. The van der Waals surface area contributed by atoms with Crippen molar-refractivity contribution in [2.75, 3.05) is 27.2 Å². The molecule has 24 heavy (non-hydrogen) atoms. The Labute approximate surface area is 146 Å². The van der Waals surface area contributed by atoms with E-state index < -0.39 is 0 Å². The van der Waals surface area contributed by atoms with Crippen LogP contribution in [-0.4, -0.2) is 61.2 Å². The number of piperidine rings is 1. The lowest BCUT2D eigenvalue weighted by Gasteiger charge is -2.40. The number of para-hydroxylation sites is 1. The molecule has 1 aromatic carbocycles. The first kappa shape index (κ1) is 18.6. The van der Waals surface area contributed by atoms with Gasteiger partial charge in [0.1, 0.15) is 11.9 Å². The molecule has 1 heterocycles. The van der Waals surface area contributed by atoms with E-state index in [1.165, 1.54) is 0 Å². The van der Waals surface area contributed by atoms with Crippen LogP contribution in [0.5, 0.6) is 5.75 Å². The van der Waals surface area contributed by atoms with Crippen LogP contribution < -0.4 is 10.1 Å². The van der Waals surface area contributed by atoms with Crippen LogP contribution in [-0.2, 0) is 0 Å². The van der Waals surface area contributed by atoms with Gasteiger partial charge < -0.3 is 19.9 Å². The topological polar surface area (TPSA) is 44.8 Å². The predicted octanol–water partition coefficient (Wildman–Crippen LogP) is 2.82. The fourth-order valence-corrected chi connectivity index (χ4v) is 3.30. The average molecular weight is 333 g/mol. The van der Waals surface area contributed by atoms with E-state index >= 15 is 0 Å². The number of ether oxygens (including phenoxy) is 1. The van der Waals surface area contributed by atoms with Crippen LogP contribution in [0.2, 0.25) is 0 Å². The number of nitrogens with one attached hydrogen (secondary N) is 1. The maximum Gasteiger partial charge on any atom is 0.317 e. The largest absolute Gasteiger partial charge is 0.489 e. The molecule has 5 heteroatoms. The Hall–Kier alpha value is -1.75. The number of urea groups is 1. The van der Waals surface area contributed by atoms with Gasteiger partial charge in [-0.1, -0.05) is 25.1 Å². The van der Waals surface area contributed by atoms with Gasteiger partial charge in [0, 0.05) is 19.6 Å². The standard InChI is InChI=1S/C19H31N3O2/c1-14-13-21(4)12-11-18(14)22(5)19(23)20-15(2)16(3)24-17-9-7-6-8-10-17/h6-10,14-16,18H,11-13H2,1-5H3,(H,20,23)/t14-,15-,16-,18+/m1/s1. The van der Waals surface area contributed by atoms with Gasteiger partial charge in [-0.15, -0.1) is 0 Å². The molecule has 0 aliphatic carbocycles. The Balaban J connectivity index is 1.86. The van der Waals surface area contributed by atoms with E-state index in [2.05, 4.69) is 24.2 Å². The molecule has 0 unspecified atom stereocenters. The van der Waals surface area contributed by atoms with Crippen molar-refractivity contribution in [2.45, 2.75) is 45.4 Å². The molecule has 0 spiro atoms. The van der Waals surface area contributed by atoms with Gasteiger partial charge in [0.05, 0.1) is 6.04 Å². The van der Waals surface area contributed by atoms with Crippen LogP contribution >= 0.6 is 0 Å². The molecule has 1 aliphatic heterocycles. The molecule has 2 amide bonds. The summed E-state index contributed by atoms with van der Waals surface area (Å²) < 4.78 is 5.90. The number of carbonyl (C=O) groups excluding carboxylic acids is 1. The first-order chi connectivity index (χ1) is 11.4. The van der Waals surface area contributed by atoms with Gasteiger partial charge in [-0.25, -0.2) is 4.79 Å². The van der Waals surface area contributed by atoms with E-state index in [0.29, 0.717) is 12.0 Å². The molecule has 1 fully saturated rings. The molecular formula is C19H31N3O2. The molecule has 1 N–H and O–H groups in total. The Kier molecular flexibility index (Phi) is 6.49. The van der Waals surface area contributed by atoms with Crippen molar-refractivity contribution in [3.63, 3.8) is 0 Å². The average Bonchev–Trinajstić information content (AvgIpc) is 2.55. The molecule has 1 aliphatic rings. The first-order valence-electron chi connectivity index (χ1n) is 8.82. The van der Waals surface area contributed by atoms with Gasteiger partial charge in [0.2, 0.25) is 0 Å². The summed E-state index contributed by atoms with van der Waals surface area (Å²) in [5, 5.41) is 3.08. The van der Waals surface area contributed by atoms with E-state index in [1.54, 1.807) is 0 Å². The minimum atomic E-state index is -0.0975. The zero-order chi connectivity index (χ0) is 17.7. The Bertz CT molecular complexity index is 523. The highest BCUT2D eigenvalue weighted by atomic mass is 16.5. The Morgan fingerprint density at radius 2 is 2.00 bits per heavy atom.